The summed E-state index contributed by atoms with van der Waals surface area (Å²) in [6.07, 6.45) is 0. The van der Waals surface area contributed by atoms with Gasteiger partial charge in [0.15, 0.2) is 0 Å². The van der Waals surface area contributed by atoms with E-state index in [0.29, 0.717) is 11.4 Å². The molecule has 108 valence electrons. The number of sulfonamides is 1. The van der Waals surface area contributed by atoms with E-state index in [9.17, 15) is 8.42 Å². The van der Waals surface area contributed by atoms with E-state index in [0.717, 1.165) is 0 Å². The Morgan fingerprint density at radius 2 is 2.00 bits per heavy atom. The molecule has 1 aromatic rings. The van der Waals surface area contributed by atoms with Crippen LogP contribution in [0.5, 0.6) is 5.75 Å². The molecule has 0 aromatic heterocycles. The highest BCUT2D eigenvalue weighted by atomic mass is 32.2. The van der Waals surface area contributed by atoms with Gasteiger partial charge < -0.3 is 15.6 Å². The van der Waals surface area contributed by atoms with Crippen molar-refractivity contribution in [3.8, 4) is 5.75 Å². The van der Waals surface area contributed by atoms with Gasteiger partial charge in [0.2, 0.25) is 10.0 Å². The van der Waals surface area contributed by atoms with Gasteiger partial charge in [0.05, 0.1) is 5.75 Å². The van der Waals surface area contributed by atoms with E-state index < -0.39 is 10.0 Å². The van der Waals surface area contributed by atoms with Crippen LogP contribution in [0.4, 0.5) is 5.69 Å². The zero-order valence-corrected chi connectivity index (χ0v) is 11.7. The molecule has 1 aromatic carbocycles. The van der Waals surface area contributed by atoms with Crippen LogP contribution < -0.4 is 15.2 Å². The standard InChI is InChI=1S/C12H20N2O4S/c1-10(9-15)8-14-19(16,17)7-6-18-12-4-2-11(13)3-5-12/h2-5,10,14-15H,6-9,13H2,1H3. The molecule has 0 saturated heterocycles. The molecule has 1 atom stereocenters. The fourth-order valence-corrected chi connectivity index (χ4v) is 2.22. The first kappa shape index (κ1) is 15.7. The topological polar surface area (TPSA) is 102 Å². The van der Waals surface area contributed by atoms with Gasteiger partial charge in [-0.3, -0.25) is 0 Å². The van der Waals surface area contributed by atoms with Crippen LogP contribution in [0, 0.1) is 5.92 Å². The van der Waals surface area contributed by atoms with Crippen molar-refractivity contribution in [3.05, 3.63) is 24.3 Å². The Bertz CT molecular complexity index is 473. The maximum absolute atomic E-state index is 11.6. The number of hydrogen-bond acceptors (Lipinski definition) is 5. The lowest BCUT2D eigenvalue weighted by atomic mass is 10.2. The largest absolute Gasteiger partial charge is 0.492 e. The molecule has 6 nitrogen and oxygen atoms in total. The minimum absolute atomic E-state index is 0.0511. The second-order valence-corrected chi connectivity index (χ2v) is 6.30. The number of hydrogen-bond donors (Lipinski definition) is 3. The van der Waals surface area contributed by atoms with Gasteiger partial charge in [-0.05, 0) is 30.2 Å². The Labute approximate surface area is 113 Å². The lowest BCUT2D eigenvalue weighted by Crippen LogP contribution is -2.33. The van der Waals surface area contributed by atoms with Crippen LogP contribution in [0.3, 0.4) is 0 Å². The summed E-state index contributed by atoms with van der Waals surface area (Å²) in [6, 6.07) is 6.74. The summed E-state index contributed by atoms with van der Waals surface area (Å²) in [4.78, 5) is 0. The van der Waals surface area contributed by atoms with Crippen LogP contribution in [0.1, 0.15) is 6.92 Å². The van der Waals surface area contributed by atoms with Gasteiger partial charge in [0, 0.05) is 18.8 Å². The average molecular weight is 288 g/mol. The van der Waals surface area contributed by atoms with Gasteiger partial charge in [-0.15, -0.1) is 0 Å². The van der Waals surface area contributed by atoms with Crippen LogP contribution in [0.2, 0.25) is 0 Å². The summed E-state index contributed by atoms with van der Waals surface area (Å²) in [6.45, 7) is 1.99. The minimum atomic E-state index is -3.38. The summed E-state index contributed by atoms with van der Waals surface area (Å²) >= 11 is 0. The number of benzene rings is 1. The van der Waals surface area contributed by atoms with Crippen molar-refractivity contribution in [2.45, 2.75) is 6.92 Å². The molecule has 0 radical (unpaired) electrons. The maximum atomic E-state index is 11.6. The van der Waals surface area contributed by atoms with Crippen LogP contribution in [-0.2, 0) is 10.0 Å². The summed E-state index contributed by atoms with van der Waals surface area (Å²) < 4.78 is 30.9. The Morgan fingerprint density at radius 3 is 2.58 bits per heavy atom. The van der Waals surface area contributed by atoms with Crippen molar-refractivity contribution in [2.75, 3.05) is 31.2 Å². The lowest BCUT2D eigenvalue weighted by Gasteiger charge is -2.11. The first-order valence-electron chi connectivity index (χ1n) is 5.99. The molecule has 0 bridgehead atoms. The van der Waals surface area contributed by atoms with Gasteiger partial charge >= 0.3 is 0 Å². The summed E-state index contributed by atoms with van der Waals surface area (Å²) in [5.41, 5.74) is 6.15. The number of ether oxygens (including phenoxy) is 1. The smallest absolute Gasteiger partial charge is 0.214 e. The van der Waals surface area contributed by atoms with Crippen molar-refractivity contribution in [3.63, 3.8) is 0 Å². The van der Waals surface area contributed by atoms with Crippen molar-refractivity contribution in [1.29, 1.82) is 0 Å². The number of rotatable bonds is 8. The quantitative estimate of drug-likeness (QED) is 0.593. The molecule has 7 heteroatoms. The van der Waals surface area contributed by atoms with Gasteiger partial charge in [-0.25, -0.2) is 13.1 Å². The van der Waals surface area contributed by atoms with Crippen molar-refractivity contribution >= 4 is 15.7 Å². The molecule has 1 rings (SSSR count). The van der Waals surface area contributed by atoms with Gasteiger partial charge in [0.25, 0.3) is 0 Å². The molecule has 1 unspecified atom stereocenters. The molecule has 4 N–H and O–H groups in total. The Hall–Kier alpha value is -1.31. The third-order valence-electron chi connectivity index (χ3n) is 2.46. The predicted octanol–water partition coefficient (Wildman–Crippen LogP) is 0.195. The van der Waals surface area contributed by atoms with Crippen molar-refractivity contribution < 1.29 is 18.3 Å². The zero-order chi connectivity index (χ0) is 14.3. The first-order valence-corrected chi connectivity index (χ1v) is 7.64. The minimum Gasteiger partial charge on any atom is -0.492 e. The Morgan fingerprint density at radius 1 is 1.37 bits per heavy atom. The van der Waals surface area contributed by atoms with Gasteiger partial charge in [0.1, 0.15) is 12.4 Å². The Balaban J connectivity index is 2.33. The van der Waals surface area contributed by atoms with E-state index in [1.54, 1.807) is 31.2 Å². The molecule has 0 fully saturated rings. The van der Waals surface area contributed by atoms with E-state index in [1.807, 2.05) is 0 Å². The summed E-state index contributed by atoms with van der Waals surface area (Å²) in [5, 5.41) is 8.81. The summed E-state index contributed by atoms with van der Waals surface area (Å²) in [7, 11) is -3.38. The number of anilines is 1. The molecule has 0 aliphatic heterocycles. The van der Waals surface area contributed by atoms with E-state index in [4.69, 9.17) is 15.6 Å². The number of aliphatic hydroxyl groups is 1. The predicted molar refractivity (Wildman–Crippen MR) is 74.4 cm³/mol. The van der Waals surface area contributed by atoms with Crippen molar-refractivity contribution in [2.24, 2.45) is 5.92 Å². The molecule has 0 saturated carbocycles. The van der Waals surface area contributed by atoms with Crippen LogP contribution in [-0.4, -0.2) is 39.0 Å². The molecule has 0 aliphatic rings. The highest BCUT2D eigenvalue weighted by molar-refractivity contribution is 7.89. The fourth-order valence-electron chi connectivity index (χ4n) is 1.24. The van der Waals surface area contributed by atoms with E-state index in [2.05, 4.69) is 4.72 Å². The van der Waals surface area contributed by atoms with Gasteiger partial charge in [-0.2, -0.15) is 0 Å². The highest BCUT2D eigenvalue weighted by Gasteiger charge is 2.11. The van der Waals surface area contributed by atoms with Crippen molar-refractivity contribution in [1.82, 2.24) is 4.72 Å². The SMILES string of the molecule is CC(CO)CNS(=O)(=O)CCOc1ccc(N)cc1. The van der Waals surface area contributed by atoms with E-state index in [-0.39, 0.29) is 31.4 Å². The molecule has 0 spiro atoms. The number of nitrogen functional groups attached to an aromatic ring is 1. The molecule has 0 amide bonds. The monoisotopic (exact) mass is 288 g/mol. The number of aliphatic hydroxyl groups excluding tert-OH is 1. The van der Waals surface area contributed by atoms with Crippen LogP contribution >= 0.6 is 0 Å². The molecule has 19 heavy (non-hydrogen) atoms. The van der Waals surface area contributed by atoms with E-state index in [1.165, 1.54) is 0 Å². The third kappa shape index (κ3) is 6.42. The average Bonchev–Trinajstić information content (AvgIpc) is 2.38. The normalized spacial score (nSPS) is 13.2. The highest BCUT2D eigenvalue weighted by Crippen LogP contribution is 2.12. The third-order valence-corrected chi connectivity index (χ3v) is 3.77. The maximum Gasteiger partial charge on any atom is 0.214 e. The first-order chi connectivity index (χ1) is 8.93. The van der Waals surface area contributed by atoms with Crippen LogP contribution in [0.25, 0.3) is 0 Å². The fraction of sp³-hybridized carbons (Fsp3) is 0.500. The van der Waals surface area contributed by atoms with E-state index >= 15 is 0 Å². The lowest BCUT2D eigenvalue weighted by molar-refractivity contribution is 0.238. The molecule has 0 aliphatic carbocycles. The second kappa shape index (κ2) is 7.32. The molecular formula is C12H20N2O4S. The zero-order valence-electron chi connectivity index (χ0n) is 10.9. The second-order valence-electron chi connectivity index (χ2n) is 4.37. The van der Waals surface area contributed by atoms with Crippen LogP contribution in [0.15, 0.2) is 24.3 Å². The molecular weight excluding hydrogens is 268 g/mol. The molecule has 0 heterocycles. The number of nitrogens with two attached hydrogens (primary N) is 1. The Kier molecular flexibility index (Phi) is 6.07. The van der Waals surface area contributed by atoms with Gasteiger partial charge in [-0.1, -0.05) is 6.92 Å². The summed E-state index contributed by atoms with van der Waals surface area (Å²) in [5.74, 6) is 0.344. The number of nitrogens with one attached hydrogen (secondary N) is 1.